The zero-order chi connectivity index (χ0) is 10.0. The molecule has 13 heavy (non-hydrogen) atoms. The molecule has 2 N–H and O–H groups in total. The third-order valence-corrected chi connectivity index (χ3v) is 2.42. The Bertz CT molecular complexity index is 228. The Hall–Kier alpha value is -1.10. The van der Waals surface area contributed by atoms with Crippen molar-refractivity contribution in [2.75, 3.05) is 6.54 Å². The summed E-state index contributed by atoms with van der Waals surface area (Å²) in [6.45, 7) is 2.59. The van der Waals surface area contributed by atoms with Gasteiger partial charge in [0.2, 0.25) is 0 Å². The monoisotopic (exact) mass is 187 g/mol. The van der Waals surface area contributed by atoms with Crippen LogP contribution in [0.4, 0.5) is 0 Å². The summed E-state index contributed by atoms with van der Waals surface area (Å²) < 4.78 is 0. The summed E-state index contributed by atoms with van der Waals surface area (Å²) >= 11 is 0. The van der Waals surface area contributed by atoms with E-state index >= 15 is 0 Å². The standard InChI is InChI=1S/C8H13NO4/c1-5-2-3-9(5)6(8(12)13)4-7(10)11/h5-6H,2-4H2,1H3,(H,10,11)(H,12,13). The SMILES string of the molecule is CC1CCN1C(CC(=O)O)C(=O)O. The molecule has 74 valence electrons. The van der Waals surface area contributed by atoms with Crippen LogP contribution in [0, 0.1) is 0 Å². The van der Waals surface area contributed by atoms with Gasteiger partial charge in [-0.3, -0.25) is 14.5 Å². The van der Waals surface area contributed by atoms with Gasteiger partial charge in [-0.15, -0.1) is 0 Å². The second kappa shape index (κ2) is 3.74. The predicted octanol–water partition coefficient (Wildman–Crippen LogP) is 0.00850. The van der Waals surface area contributed by atoms with Crippen molar-refractivity contribution in [1.29, 1.82) is 0 Å². The number of nitrogens with zero attached hydrogens (tertiary/aromatic N) is 1. The molecule has 1 aliphatic heterocycles. The molecule has 0 aromatic rings. The largest absolute Gasteiger partial charge is 0.481 e. The first kappa shape index (κ1) is 9.98. The average Bonchev–Trinajstić information content (AvgIpc) is 1.99. The fourth-order valence-electron chi connectivity index (χ4n) is 1.51. The van der Waals surface area contributed by atoms with Gasteiger partial charge >= 0.3 is 11.9 Å². The Kier molecular flexibility index (Phi) is 2.87. The maximum absolute atomic E-state index is 10.7. The number of carboxylic acids is 2. The molecule has 1 rings (SSSR count). The zero-order valence-corrected chi connectivity index (χ0v) is 7.43. The molecular weight excluding hydrogens is 174 g/mol. The Balaban J connectivity index is 2.57. The van der Waals surface area contributed by atoms with Crippen LogP contribution < -0.4 is 0 Å². The first-order chi connectivity index (χ1) is 6.02. The summed E-state index contributed by atoms with van der Waals surface area (Å²) in [6.07, 6.45) is 0.628. The molecule has 2 atom stereocenters. The Morgan fingerprint density at radius 1 is 1.54 bits per heavy atom. The molecule has 0 saturated carbocycles. The molecule has 1 aliphatic rings. The van der Waals surface area contributed by atoms with Crippen LogP contribution in [-0.2, 0) is 9.59 Å². The summed E-state index contributed by atoms with van der Waals surface area (Å²) in [5.74, 6) is -2.11. The molecular formula is C8H13NO4. The van der Waals surface area contributed by atoms with E-state index in [0.717, 1.165) is 6.42 Å². The van der Waals surface area contributed by atoms with E-state index in [-0.39, 0.29) is 12.5 Å². The van der Waals surface area contributed by atoms with Crippen molar-refractivity contribution in [3.63, 3.8) is 0 Å². The molecule has 0 amide bonds. The number of carboxylic acid groups (broad SMARTS) is 2. The van der Waals surface area contributed by atoms with Crippen LogP contribution in [0.3, 0.4) is 0 Å². The lowest BCUT2D eigenvalue weighted by molar-refractivity contribution is -0.153. The Morgan fingerprint density at radius 2 is 2.15 bits per heavy atom. The fraction of sp³-hybridized carbons (Fsp3) is 0.750. The van der Waals surface area contributed by atoms with Crippen LogP contribution in [0.5, 0.6) is 0 Å². The normalized spacial score (nSPS) is 24.8. The lowest BCUT2D eigenvalue weighted by Crippen LogP contribution is -2.55. The van der Waals surface area contributed by atoms with Gasteiger partial charge in [0.15, 0.2) is 0 Å². The summed E-state index contributed by atoms with van der Waals surface area (Å²) in [4.78, 5) is 22.8. The molecule has 0 spiro atoms. The van der Waals surface area contributed by atoms with Gasteiger partial charge in [0, 0.05) is 12.6 Å². The quantitative estimate of drug-likeness (QED) is 0.648. The van der Waals surface area contributed by atoms with Crippen molar-refractivity contribution in [2.24, 2.45) is 0 Å². The van der Waals surface area contributed by atoms with Gasteiger partial charge in [0.05, 0.1) is 6.42 Å². The smallest absolute Gasteiger partial charge is 0.321 e. The van der Waals surface area contributed by atoms with Crippen LogP contribution in [0.25, 0.3) is 0 Å². The number of hydrogen-bond donors (Lipinski definition) is 2. The van der Waals surface area contributed by atoms with Crippen LogP contribution in [-0.4, -0.2) is 45.7 Å². The van der Waals surface area contributed by atoms with Crippen LogP contribution in [0.15, 0.2) is 0 Å². The highest BCUT2D eigenvalue weighted by Gasteiger charge is 2.36. The number of rotatable bonds is 4. The Labute approximate surface area is 76.0 Å². The number of carbonyl (C=O) groups is 2. The predicted molar refractivity (Wildman–Crippen MR) is 44.5 cm³/mol. The molecule has 0 bridgehead atoms. The first-order valence-electron chi connectivity index (χ1n) is 4.22. The first-order valence-corrected chi connectivity index (χ1v) is 4.22. The number of likely N-dealkylation sites (tertiary alicyclic amines) is 1. The maximum atomic E-state index is 10.7. The molecule has 1 saturated heterocycles. The van der Waals surface area contributed by atoms with Crippen LogP contribution in [0.1, 0.15) is 19.8 Å². The average molecular weight is 187 g/mol. The van der Waals surface area contributed by atoms with Crippen molar-refractivity contribution in [2.45, 2.75) is 31.8 Å². The second-order valence-electron chi connectivity index (χ2n) is 3.33. The van der Waals surface area contributed by atoms with E-state index in [4.69, 9.17) is 10.2 Å². The maximum Gasteiger partial charge on any atom is 0.321 e. The molecule has 1 heterocycles. The molecule has 5 nitrogen and oxygen atoms in total. The van der Waals surface area contributed by atoms with Gasteiger partial charge in [-0.05, 0) is 13.3 Å². The summed E-state index contributed by atoms with van der Waals surface area (Å²) in [5.41, 5.74) is 0. The van der Waals surface area contributed by atoms with Crippen LogP contribution >= 0.6 is 0 Å². The lowest BCUT2D eigenvalue weighted by Gasteiger charge is -2.42. The Morgan fingerprint density at radius 3 is 2.38 bits per heavy atom. The molecule has 0 aromatic carbocycles. The molecule has 5 heteroatoms. The second-order valence-corrected chi connectivity index (χ2v) is 3.33. The minimum absolute atomic E-state index is 0.195. The van der Waals surface area contributed by atoms with Crippen molar-refractivity contribution in [1.82, 2.24) is 4.90 Å². The summed E-state index contributed by atoms with van der Waals surface area (Å²) in [6, 6.07) is -0.665. The highest BCUT2D eigenvalue weighted by atomic mass is 16.4. The molecule has 0 aromatic heterocycles. The summed E-state index contributed by atoms with van der Waals surface area (Å²) in [5, 5.41) is 17.3. The van der Waals surface area contributed by atoms with Gasteiger partial charge in [-0.25, -0.2) is 0 Å². The van der Waals surface area contributed by atoms with Crippen LogP contribution in [0.2, 0.25) is 0 Å². The van der Waals surface area contributed by atoms with Crippen molar-refractivity contribution in [3.05, 3.63) is 0 Å². The van der Waals surface area contributed by atoms with E-state index in [9.17, 15) is 9.59 Å². The van der Waals surface area contributed by atoms with Crippen molar-refractivity contribution >= 4 is 11.9 Å². The van der Waals surface area contributed by atoms with E-state index < -0.39 is 18.0 Å². The minimum atomic E-state index is -1.06. The van der Waals surface area contributed by atoms with Gasteiger partial charge in [-0.2, -0.15) is 0 Å². The number of hydrogen-bond acceptors (Lipinski definition) is 3. The molecule has 0 radical (unpaired) electrons. The lowest BCUT2D eigenvalue weighted by atomic mass is 10.00. The highest BCUT2D eigenvalue weighted by Crippen LogP contribution is 2.21. The van der Waals surface area contributed by atoms with E-state index in [0.29, 0.717) is 6.54 Å². The third kappa shape index (κ3) is 2.18. The van der Waals surface area contributed by atoms with Crippen molar-refractivity contribution in [3.8, 4) is 0 Å². The molecule has 2 unspecified atom stereocenters. The molecule has 0 aliphatic carbocycles. The van der Waals surface area contributed by atoms with Gasteiger partial charge in [-0.1, -0.05) is 0 Å². The molecule has 1 fully saturated rings. The van der Waals surface area contributed by atoms with E-state index in [2.05, 4.69) is 0 Å². The highest BCUT2D eigenvalue weighted by molar-refractivity contribution is 5.80. The third-order valence-electron chi connectivity index (χ3n) is 2.42. The van der Waals surface area contributed by atoms with Gasteiger partial charge < -0.3 is 10.2 Å². The minimum Gasteiger partial charge on any atom is -0.481 e. The zero-order valence-electron chi connectivity index (χ0n) is 7.43. The van der Waals surface area contributed by atoms with E-state index in [1.54, 1.807) is 4.90 Å². The fourth-order valence-corrected chi connectivity index (χ4v) is 1.51. The van der Waals surface area contributed by atoms with Crippen molar-refractivity contribution < 1.29 is 19.8 Å². The topological polar surface area (TPSA) is 77.8 Å². The van der Waals surface area contributed by atoms with Gasteiger partial charge in [0.1, 0.15) is 6.04 Å². The number of aliphatic carboxylic acids is 2. The van der Waals surface area contributed by atoms with E-state index in [1.807, 2.05) is 6.92 Å². The van der Waals surface area contributed by atoms with E-state index in [1.165, 1.54) is 0 Å². The summed E-state index contributed by atoms with van der Waals surface area (Å²) in [7, 11) is 0. The van der Waals surface area contributed by atoms with Gasteiger partial charge in [0.25, 0.3) is 0 Å².